The van der Waals surface area contributed by atoms with Gasteiger partial charge in [0.25, 0.3) is 10.1 Å². The summed E-state index contributed by atoms with van der Waals surface area (Å²) in [6, 6.07) is 0. The average molecular weight is 288 g/mol. The van der Waals surface area contributed by atoms with Crippen molar-refractivity contribution in [3.05, 3.63) is 0 Å². The Labute approximate surface area is 109 Å². The van der Waals surface area contributed by atoms with Crippen LogP contribution in [0, 0.1) is 0 Å². The van der Waals surface area contributed by atoms with Gasteiger partial charge in [0.05, 0.1) is 12.4 Å². The molecule has 0 atom stereocenters. The lowest BCUT2D eigenvalue weighted by molar-refractivity contribution is 0.318. The Morgan fingerprint density at radius 2 is 1.44 bits per heavy atom. The van der Waals surface area contributed by atoms with Gasteiger partial charge in [-0.3, -0.25) is 4.18 Å². The SMILES string of the molecule is CCCOS(=O)(=O)CCC.CCSSCC. The number of hydrogen-bond acceptors (Lipinski definition) is 5. The van der Waals surface area contributed by atoms with Gasteiger partial charge in [-0.1, -0.05) is 49.3 Å². The van der Waals surface area contributed by atoms with Gasteiger partial charge in [0.2, 0.25) is 0 Å². The lowest BCUT2D eigenvalue weighted by Gasteiger charge is -2.00. The van der Waals surface area contributed by atoms with Crippen LogP contribution < -0.4 is 0 Å². The molecule has 0 bridgehead atoms. The van der Waals surface area contributed by atoms with E-state index in [1.807, 2.05) is 35.4 Å². The summed E-state index contributed by atoms with van der Waals surface area (Å²) in [4.78, 5) is 0. The molecule has 0 aliphatic heterocycles. The van der Waals surface area contributed by atoms with Crippen LogP contribution in [0.3, 0.4) is 0 Å². The van der Waals surface area contributed by atoms with Gasteiger partial charge in [0, 0.05) is 11.5 Å². The van der Waals surface area contributed by atoms with E-state index in [1.54, 1.807) is 0 Å². The lowest BCUT2D eigenvalue weighted by Crippen LogP contribution is -2.10. The highest BCUT2D eigenvalue weighted by atomic mass is 33.1. The van der Waals surface area contributed by atoms with Crippen LogP contribution in [0.1, 0.15) is 40.5 Å². The van der Waals surface area contributed by atoms with Gasteiger partial charge >= 0.3 is 0 Å². The second kappa shape index (κ2) is 13.7. The third-order valence-electron chi connectivity index (χ3n) is 1.24. The topological polar surface area (TPSA) is 43.4 Å². The Kier molecular flexibility index (Phi) is 16.2. The van der Waals surface area contributed by atoms with E-state index in [9.17, 15) is 8.42 Å². The van der Waals surface area contributed by atoms with Gasteiger partial charge in [0.15, 0.2) is 0 Å². The predicted molar refractivity (Wildman–Crippen MR) is 76.6 cm³/mol. The van der Waals surface area contributed by atoms with E-state index >= 15 is 0 Å². The molecule has 0 aromatic heterocycles. The zero-order valence-electron chi connectivity index (χ0n) is 10.7. The molecular formula is C10H24O3S3. The van der Waals surface area contributed by atoms with Crippen LogP contribution in [0.2, 0.25) is 0 Å². The number of hydrogen-bond donors (Lipinski definition) is 0. The minimum absolute atomic E-state index is 0.132. The minimum Gasteiger partial charge on any atom is -0.270 e. The molecule has 0 aromatic carbocycles. The standard InChI is InChI=1S/C6H14O3S.C4H10S2/c1-3-5-9-10(7,8)6-4-2;1-3-5-6-4-2/h3-6H2,1-2H3;3-4H2,1-2H3. The predicted octanol–water partition coefficient (Wildman–Crippen LogP) is 3.56. The first kappa shape index (κ1) is 19.0. The van der Waals surface area contributed by atoms with Crippen molar-refractivity contribution in [2.24, 2.45) is 0 Å². The highest BCUT2D eigenvalue weighted by Gasteiger charge is 2.07. The van der Waals surface area contributed by atoms with E-state index in [0.29, 0.717) is 13.0 Å². The van der Waals surface area contributed by atoms with E-state index in [4.69, 9.17) is 0 Å². The molecule has 100 valence electrons. The van der Waals surface area contributed by atoms with Crippen molar-refractivity contribution in [3.63, 3.8) is 0 Å². The fourth-order valence-corrected chi connectivity index (χ4v) is 3.06. The summed E-state index contributed by atoms with van der Waals surface area (Å²) in [6.07, 6.45) is 1.36. The molecule has 0 spiro atoms. The Hall–Kier alpha value is 0.610. The van der Waals surface area contributed by atoms with Crippen LogP contribution in [0.15, 0.2) is 0 Å². The molecule has 0 saturated heterocycles. The van der Waals surface area contributed by atoms with E-state index < -0.39 is 10.1 Å². The third-order valence-corrected chi connectivity index (χ3v) is 5.23. The average Bonchev–Trinajstić information content (AvgIpc) is 2.24. The van der Waals surface area contributed by atoms with Gasteiger partial charge in [-0.2, -0.15) is 8.42 Å². The highest BCUT2D eigenvalue weighted by molar-refractivity contribution is 8.76. The molecule has 0 heterocycles. The third kappa shape index (κ3) is 17.0. The van der Waals surface area contributed by atoms with Crippen molar-refractivity contribution in [2.75, 3.05) is 23.9 Å². The van der Waals surface area contributed by atoms with Gasteiger partial charge in [0.1, 0.15) is 0 Å². The van der Waals surface area contributed by atoms with Crippen molar-refractivity contribution >= 4 is 31.7 Å². The van der Waals surface area contributed by atoms with Crippen LogP contribution in [0.4, 0.5) is 0 Å². The lowest BCUT2D eigenvalue weighted by atomic mass is 10.5. The molecule has 6 heteroatoms. The summed E-state index contributed by atoms with van der Waals surface area (Å²) < 4.78 is 26.1. The molecule has 0 rings (SSSR count). The molecule has 0 aromatic rings. The van der Waals surface area contributed by atoms with Crippen molar-refractivity contribution < 1.29 is 12.6 Å². The molecule has 0 saturated carbocycles. The fourth-order valence-electron chi connectivity index (χ4n) is 0.686. The summed E-state index contributed by atoms with van der Waals surface area (Å²) in [5, 5.41) is 0. The number of rotatable bonds is 8. The largest absolute Gasteiger partial charge is 0.270 e. The van der Waals surface area contributed by atoms with Crippen molar-refractivity contribution in [1.29, 1.82) is 0 Å². The molecule has 0 aliphatic carbocycles. The summed E-state index contributed by atoms with van der Waals surface area (Å²) in [7, 11) is 0.656. The van der Waals surface area contributed by atoms with Crippen LogP contribution in [-0.4, -0.2) is 32.3 Å². The van der Waals surface area contributed by atoms with Crippen molar-refractivity contribution in [2.45, 2.75) is 40.5 Å². The Morgan fingerprint density at radius 1 is 0.938 bits per heavy atom. The molecule has 0 aliphatic rings. The molecule has 0 amide bonds. The Bertz CT molecular complexity index is 211. The Morgan fingerprint density at radius 3 is 1.75 bits per heavy atom. The van der Waals surface area contributed by atoms with E-state index in [2.05, 4.69) is 18.0 Å². The monoisotopic (exact) mass is 288 g/mol. The van der Waals surface area contributed by atoms with E-state index in [1.165, 1.54) is 11.5 Å². The van der Waals surface area contributed by atoms with Crippen molar-refractivity contribution in [3.8, 4) is 0 Å². The summed E-state index contributed by atoms with van der Waals surface area (Å²) >= 11 is 0. The second-order valence-corrected chi connectivity index (χ2v) is 7.70. The van der Waals surface area contributed by atoms with Gasteiger partial charge in [-0.05, 0) is 12.8 Å². The first-order valence-corrected chi connectivity index (χ1v) is 9.72. The van der Waals surface area contributed by atoms with Crippen LogP contribution >= 0.6 is 21.6 Å². The van der Waals surface area contributed by atoms with Crippen molar-refractivity contribution in [1.82, 2.24) is 0 Å². The molecule has 0 fully saturated rings. The normalized spacial score (nSPS) is 10.8. The quantitative estimate of drug-likeness (QED) is 0.388. The van der Waals surface area contributed by atoms with E-state index in [0.717, 1.165) is 6.42 Å². The zero-order chi connectivity index (χ0) is 12.9. The van der Waals surface area contributed by atoms with Gasteiger partial charge in [-0.25, -0.2) is 0 Å². The molecule has 0 N–H and O–H groups in total. The van der Waals surface area contributed by atoms with Crippen LogP contribution in [0.25, 0.3) is 0 Å². The minimum atomic E-state index is -3.19. The van der Waals surface area contributed by atoms with Gasteiger partial charge < -0.3 is 0 Å². The fraction of sp³-hybridized carbons (Fsp3) is 1.00. The van der Waals surface area contributed by atoms with Gasteiger partial charge in [-0.15, -0.1) is 0 Å². The smallest absolute Gasteiger partial charge is 0.267 e. The maximum Gasteiger partial charge on any atom is 0.267 e. The second-order valence-electron chi connectivity index (χ2n) is 2.90. The molecule has 16 heavy (non-hydrogen) atoms. The van der Waals surface area contributed by atoms with Crippen LogP contribution in [-0.2, 0) is 14.3 Å². The molecule has 0 radical (unpaired) electrons. The maximum absolute atomic E-state index is 10.8. The molecular weight excluding hydrogens is 264 g/mol. The first-order chi connectivity index (χ1) is 7.54. The summed E-state index contributed by atoms with van der Waals surface area (Å²) in [5.41, 5.74) is 0. The highest BCUT2D eigenvalue weighted by Crippen LogP contribution is 2.18. The summed E-state index contributed by atoms with van der Waals surface area (Å²) in [5.74, 6) is 2.60. The Balaban J connectivity index is 0. The van der Waals surface area contributed by atoms with E-state index in [-0.39, 0.29) is 5.75 Å². The molecule has 3 nitrogen and oxygen atoms in total. The summed E-state index contributed by atoms with van der Waals surface area (Å²) in [6.45, 7) is 8.34. The van der Waals surface area contributed by atoms with Crippen LogP contribution in [0.5, 0.6) is 0 Å². The molecule has 0 unspecified atom stereocenters. The first-order valence-electron chi connectivity index (χ1n) is 5.65. The zero-order valence-corrected chi connectivity index (χ0v) is 13.1. The maximum atomic E-state index is 10.8.